The second-order valence-electron chi connectivity index (χ2n) is 8.54. The maximum atomic E-state index is 13.0. The van der Waals surface area contributed by atoms with Crippen molar-refractivity contribution in [3.63, 3.8) is 0 Å². The number of likely N-dealkylation sites (N-methyl/N-ethyl adjacent to an activating group) is 1. The normalized spacial score (nSPS) is 14.1. The summed E-state index contributed by atoms with van der Waals surface area (Å²) in [4.78, 5) is 41.5. The summed E-state index contributed by atoms with van der Waals surface area (Å²) in [7, 11) is 1.50. The third-order valence-corrected chi connectivity index (χ3v) is 6.26. The molecule has 0 saturated carbocycles. The highest BCUT2D eigenvalue weighted by molar-refractivity contribution is 7.81. The number of anilines is 2. The number of nitrogens with zero attached hydrogens (tertiary/aromatic N) is 1. The molecule has 3 aromatic rings. The van der Waals surface area contributed by atoms with Crippen LogP contribution in [0.3, 0.4) is 0 Å². The molecule has 196 valence electrons. The largest absolute Gasteiger partial charge is 0.505 e. The number of phenolic OH excluding ortho intramolecular Hbond substituents is 1. The Morgan fingerprint density at radius 2 is 1.90 bits per heavy atom. The highest BCUT2D eigenvalue weighted by Gasteiger charge is 2.24. The van der Waals surface area contributed by atoms with Crippen LogP contribution >= 0.6 is 12.2 Å². The molecular formula is C29H24N4O5S. The first-order valence-electron chi connectivity index (χ1n) is 11.8. The zero-order chi connectivity index (χ0) is 27.9. The van der Waals surface area contributed by atoms with Crippen LogP contribution in [0.5, 0.6) is 5.75 Å². The summed E-state index contributed by atoms with van der Waals surface area (Å²) in [5, 5.41) is 18.4. The number of carbonyl (C=O) groups is 3. The van der Waals surface area contributed by atoms with Crippen molar-refractivity contribution in [3.8, 4) is 17.6 Å². The fourth-order valence-electron chi connectivity index (χ4n) is 3.69. The lowest BCUT2D eigenvalue weighted by atomic mass is 9.97. The van der Waals surface area contributed by atoms with Gasteiger partial charge in [-0.3, -0.25) is 19.4 Å². The quantitative estimate of drug-likeness (QED) is 0.214. The number of aromatic hydroxyl groups is 1. The van der Waals surface area contributed by atoms with Gasteiger partial charge in [-0.1, -0.05) is 42.3 Å². The minimum atomic E-state index is -0.608. The molecule has 2 heterocycles. The first-order valence-corrected chi connectivity index (χ1v) is 12.2. The molecule has 0 radical (unpaired) electrons. The summed E-state index contributed by atoms with van der Waals surface area (Å²) >= 11 is 5.52. The molecule has 0 aliphatic carbocycles. The third kappa shape index (κ3) is 6.47. The molecule has 1 aliphatic heterocycles. The van der Waals surface area contributed by atoms with Crippen molar-refractivity contribution in [2.75, 3.05) is 17.7 Å². The molecule has 1 aliphatic rings. The van der Waals surface area contributed by atoms with E-state index in [0.29, 0.717) is 16.8 Å². The average Bonchev–Trinajstić information content (AvgIpc) is 3.36. The molecule has 0 spiro atoms. The van der Waals surface area contributed by atoms with E-state index in [4.69, 9.17) is 16.6 Å². The van der Waals surface area contributed by atoms with Gasteiger partial charge in [0.25, 0.3) is 11.8 Å². The zero-order valence-corrected chi connectivity index (χ0v) is 21.9. The number of carbonyl (C=O) groups excluding carboxylic acids is 3. The van der Waals surface area contributed by atoms with E-state index in [2.05, 4.69) is 32.8 Å². The molecule has 1 atom stereocenters. The van der Waals surface area contributed by atoms with Gasteiger partial charge in [0.15, 0.2) is 5.76 Å². The van der Waals surface area contributed by atoms with Crippen molar-refractivity contribution < 1.29 is 23.9 Å². The minimum absolute atomic E-state index is 0.0392. The van der Waals surface area contributed by atoms with Crippen LogP contribution < -0.4 is 16.0 Å². The molecule has 3 amide bonds. The Hall–Kier alpha value is -5.01. The van der Waals surface area contributed by atoms with Gasteiger partial charge in [0.1, 0.15) is 5.75 Å². The van der Waals surface area contributed by atoms with Gasteiger partial charge in [-0.2, -0.15) is 0 Å². The van der Waals surface area contributed by atoms with Crippen molar-refractivity contribution in [2.24, 2.45) is 10.9 Å². The predicted octanol–water partition coefficient (Wildman–Crippen LogP) is 3.78. The lowest BCUT2D eigenvalue weighted by Crippen LogP contribution is -2.27. The van der Waals surface area contributed by atoms with Crippen LogP contribution in [0.1, 0.15) is 27.2 Å². The van der Waals surface area contributed by atoms with Gasteiger partial charge in [0, 0.05) is 46.7 Å². The molecule has 0 saturated heterocycles. The van der Waals surface area contributed by atoms with E-state index < -0.39 is 11.8 Å². The van der Waals surface area contributed by atoms with Crippen LogP contribution in [0.15, 0.2) is 76.0 Å². The van der Waals surface area contributed by atoms with E-state index in [9.17, 15) is 19.5 Å². The first-order chi connectivity index (χ1) is 18.8. The maximum Gasteiger partial charge on any atom is 0.291 e. The number of nitrogens with one attached hydrogen (secondary N) is 3. The number of aryl methyl sites for hydroxylation is 1. The number of aliphatic imine (C=N–C) groups is 1. The summed E-state index contributed by atoms with van der Waals surface area (Å²) in [5.41, 5.74) is 2.54. The zero-order valence-electron chi connectivity index (χ0n) is 21.1. The van der Waals surface area contributed by atoms with Crippen LogP contribution in [0, 0.1) is 24.7 Å². The van der Waals surface area contributed by atoms with Crippen LogP contribution in [0.4, 0.5) is 11.4 Å². The summed E-state index contributed by atoms with van der Waals surface area (Å²) in [6, 6.07) is 13.4. The molecule has 4 rings (SSSR count). The molecule has 1 aromatic heterocycles. The molecule has 2 aromatic carbocycles. The van der Waals surface area contributed by atoms with E-state index in [1.165, 1.54) is 25.6 Å². The number of amides is 3. The minimum Gasteiger partial charge on any atom is -0.505 e. The van der Waals surface area contributed by atoms with Crippen LogP contribution in [-0.2, 0) is 16.0 Å². The van der Waals surface area contributed by atoms with Gasteiger partial charge < -0.3 is 25.5 Å². The van der Waals surface area contributed by atoms with Crippen molar-refractivity contribution in [2.45, 2.75) is 13.3 Å². The Bertz CT molecular complexity index is 1590. The molecule has 10 heteroatoms. The number of rotatable bonds is 6. The Morgan fingerprint density at radius 3 is 2.64 bits per heavy atom. The van der Waals surface area contributed by atoms with Crippen LogP contribution in [-0.4, -0.2) is 41.0 Å². The van der Waals surface area contributed by atoms with Crippen molar-refractivity contribution >= 4 is 52.4 Å². The number of phenols is 1. The van der Waals surface area contributed by atoms with Crippen LogP contribution in [0.2, 0.25) is 0 Å². The third-order valence-electron chi connectivity index (χ3n) is 5.79. The Labute approximate surface area is 230 Å². The van der Waals surface area contributed by atoms with Gasteiger partial charge >= 0.3 is 0 Å². The molecule has 0 bridgehead atoms. The Morgan fingerprint density at radius 1 is 1.10 bits per heavy atom. The monoisotopic (exact) mass is 540 g/mol. The lowest BCUT2D eigenvalue weighted by Gasteiger charge is -2.16. The topological polar surface area (TPSA) is 133 Å². The number of hydrogen-bond acceptors (Lipinski definition) is 7. The highest BCUT2D eigenvalue weighted by atomic mass is 32.1. The number of para-hydroxylation sites is 1. The van der Waals surface area contributed by atoms with Gasteiger partial charge in [-0.25, -0.2) is 0 Å². The fourth-order valence-corrected chi connectivity index (χ4v) is 3.96. The lowest BCUT2D eigenvalue weighted by molar-refractivity contribution is -0.120. The molecule has 9 nitrogen and oxygen atoms in total. The van der Waals surface area contributed by atoms with Gasteiger partial charge in [-0.15, -0.1) is 0 Å². The van der Waals surface area contributed by atoms with Crippen molar-refractivity contribution in [1.82, 2.24) is 5.32 Å². The van der Waals surface area contributed by atoms with Crippen molar-refractivity contribution in [1.29, 1.82) is 0 Å². The second-order valence-corrected chi connectivity index (χ2v) is 8.98. The average molecular weight is 541 g/mol. The number of thiocarbonyl (C=S) groups is 1. The summed E-state index contributed by atoms with van der Waals surface area (Å²) in [6.07, 6.45) is 4.30. The SMILES string of the molecule is CNC(=O)Cc1cccc(NC(=O)C2=CN=C[C@H](C#Cc3cccc(NC(=O)c4occc4C)c3)C2=S)c1O. The van der Waals surface area contributed by atoms with E-state index in [0.717, 1.165) is 5.56 Å². The fraction of sp³-hybridized carbons (Fsp3) is 0.138. The molecular weight excluding hydrogens is 516 g/mol. The number of hydrogen-bond donors (Lipinski definition) is 4. The van der Waals surface area contributed by atoms with E-state index >= 15 is 0 Å². The molecule has 0 fully saturated rings. The Balaban J connectivity index is 1.44. The molecule has 39 heavy (non-hydrogen) atoms. The number of benzene rings is 2. The second kappa shape index (κ2) is 12.0. The van der Waals surface area contributed by atoms with Gasteiger partial charge in [0.05, 0.1) is 29.9 Å². The number of furan rings is 1. The van der Waals surface area contributed by atoms with Crippen molar-refractivity contribution in [3.05, 3.63) is 89.0 Å². The molecule has 4 N–H and O–H groups in total. The smallest absolute Gasteiger partial charge is 0.291 e. The van der Waals surface area contributed by atoms with E-state index in [1.54, 1.807) is 55.6 Å². The Kier molecular flexibility index (Phi) is 8.33. The van der Waals surface area contributed by atoms with Gasteiger partial charge in [0.2, 0.25) is 5.91 Å². The van der Waals surface area contributed by atoms with Crippen LogP contribution in [0.25, 0.3) is 0 Å². The summed E-state index contributed by atoms with van der Waals surface area (Å²) in [5.74, 6) is 4.25. The van der Waals surface area contributed by atoms with E-state index in [-0.39, 0.29) is 45.9 Å². The van der Waals surface area contributed by atoms with Gasteiger partial charge in [-0.05, 0) is 37.3 Å². The van der Waals surface area contributed by atoms with E-state index in [1.807, 2.05) is 0 Å². The highest BCUT2D eigenvalue weighted by Crippen LogP contribution is 2.29. The maximum absolute atomic E-state index is 13.0. The first kappa shape index (κ1) is 27.0. The summed E-state index contributed by atoms with van der Waals surface area (Å²) < 4.78 is 5.23. The summed E-state index contributed by atoms with van der Waals surface area (Å²) in [6.45, 7) is 1.78. The predicted molar refractivity (Wildman–Crippen MR) is 152 cm³/mol. The molecule has 0 unspecified atom stereocenters. The standard InChI is InChI=1S/C29H24N4O5S/c1-17-11-12-38-26(17)29(37)32-21-7-3-5-18(13-21)9-10-20-15-31-16-22(27(20)39)28(36)33-23-8-4-6-19(25(23)35)14-24(34)30-2/h3-8,11-13,15-16,20,35H,14H2,1-2H3,(H,30,34)(H,32,37)(H,33,36)/t20-/m0/s1.